The zero-order chi connectivity index (χ0) is 17.6. The van der Waals surface area contributed by atoms with Gasteiger partial charge in [-0.05, 0) is 19.1 Å². The topological polar surface area (TPSA) is 52.6 Å². The molecule has 0 spiro atoms. The molecule has 0 aliphatic heterocycles. The number of methoxy groups -OCH3 is 1. The Morgan fingerprint density at radius 1 is 1.26 bits per heavy atom. The van der Waals surface area contributed by atoms with Gasteiger partial charge in [0.1, 0.15) is 26.1 Å². The lowest BCUT2D eigenvalue weighted by atomic mass is 10.0. The monoisotopic (exact) mass is 336 g/mol. The van der Waals surface area contributed by atoms with E-state index in [-0.39, 0.29) is 12.2 Å². The number of hydrogen-bond acceptors (Lipinski definition) is 4. The summed E-state index contributed by atoms with van der Waals surface area (Å²) in [7, 11) is -0.204. The molecule has 1 rings (SSSR count). The number of esters is 1. The third kappa shape index (κ3) is 5.87. The Labute approximate surface area is 137 Å². The van der Waals surface area contributed by atoms with Gasteiger partial charge >= 0.3 is 5.97 Å². The maximum absolute atomic E-state index is 14.2. The van der Waals surface area contributed by atoms with E-state index in [0.29, 0.717) is 11.3 Å². The van der Waals surface area contributed by atoms with E-state index >= 15 is 0 Å². The smallest absolute Gasteiger partial charge is 0.313 e. The normalized spacial score (nSPS) is 10.5. The van der Waals surface area contributed by atoms with Gasteiger partial charge in [0.15, 0.2) is 5.78 Å². The van der Waals surface area contributed by atoms with Crippen LogP contribution in [-0.4, -0.2) is 33.5 Å². The average Bonchev–Trinajstić information content (AvgIpc) is 2.44. The van der Waals surface area contributed by atoms with Crippen LogP contribution in [0.5, 0.6) is 5.75 Å². The molecule has 6 heteroatoms. The highest BCUT2D eigenvalue weighted by Gasteiger charge is 2.19. The lowest BCUT2D eigenvalue weighted by Gasteiger charge is -2.09. The van der Waals surface area contributed by atoms with E-state index in [4.69, 9.17) is 9.47 Å². The molecule has 4 nitrogen and oxygen atoms in total. The van der Waals surface area contributed by atoms with Crippen LogP contribution in [-0.2, 0) is 9.53 Å². The van der Waals surface area contributed by atoms with Crippen molar-refractivity contribution in [1.29, 1.82) is 0 Å². The van der Waals surface area contributed by atoms with Crippen LogP contribution in [0.15, 0.2) is 12.1 Å². The van der Waals surface area contributed by atoms with Gasteiger partial charge in [-0.15, -0.1) is 5.54 Å². The predicted molar refractivity (Wildman–Crippen MR) is 88.8 cm³/mol. The van der Waals surface area contributed by atoms with Gasteiger partial charge in [-0.1, -0.05) is 25.6 Å². The standard InChI is InChI=1S/C17H21FO4Si/c1-6-22-17(20)11-15(19)13-10-16(21-2)12(9-14(13)18)7-8-23(3,4)5/h9-10H,6,11H2,1-5H3. The van der Waals surface area contributed by atoms with E-state index in [9.17, 15) is 14.0 Å². The molecule has 0 saturated carbocycles. The van der Waals surface area contributed by atoms with E-state index in [2.05, 4.69) is 31.1 Å². The van der Waals surface area contributed by atoms with Crippen LogP contribution in [0.4, 0.5) is 4.39 Å². The lowest BCUT2D eigenvalue weighted by molar-refractivity contribution is -0.141. The fourth-order valence-corrected chi connectivity index (χ4v) is 2.24. The number of benzene rings is 1. The summed E-state index contributed by atoms with van der Waals surface area (Å²) < 4.78 is 24.1. The van der Waals surface area contributed by atoms with Crippen molar-refractivity contribution in [2.24, 2.45) is 0 Å². The molecule has 1 aromatic rings. The molecule has 1 aromatic carbocycles. The van der Waals surface area contributed by atoms with Crippen molar-refractivity contribution in [1.82, 2.24) is 0 Å². The van der Waals surface area contributed by atoms with Crippen LogP contribution >= 0.6 is 0 Å². The molecule has 0 amide bonds. The SMILES string of the molecule is CCOC(=O)CC(=O)c1cc(OC)c(C#C[Si](C)(C)C)cc1F. The number of rotatable bonds is 5. The summed E-state index contributed by atoms with van der Waals surface area (Å²) in [6, 6.07) is 2.45. The molecule has 0 N–H and O–H groups in total. The molecule has 0 atom stereocenters. The van der Waals surface area contributed by atoms with Crippen molar-refractivity contribution in [2.75, 3.05) is 13.7 Å². The van der Waals surface area contributed by atoms with Crippen molar-refractivity contribution >= 4 is 19.8 Å². The molecule has 0 aromatic heterocycles. The second-order valence-corrected chi connectivity index (χ2v) is 10.7. The van der Waals surface area contributed by atoms with Crippen LogP contribution in [0.3, 0.4) is 0 Å². The molecule has 23 heavy (non-hydrogen) atoms. The molecular weight excluding hydrogens is 315 g/mol. The quantitative estimate of drug-likeness (QED) is 0.272. The Morgan fingerprint density at radius 2 is 1.91 bits per heavy atom. The summed E-state index contributed by atoms with van der Waals surface area (Å²) in [6.45, 7) is 8.02. The van der Waals surface area contributed by atoms with Crippen LogP contribution < -0.4 is 4.74 Å². The van der Waals surface area contributed by atoms with E-state index in [1.165, 1.54) is 19.2 Å². The van der Waals surface area contributed by atoms with Crippen LogP contribution in [0.25, 0.3) is 0 Å². The maximum atomic E-state index is 14.2. The first-order chi connectivity index (χ1) is 10.7. The fourth-order valence-electron chi connectivity index (χ4n) is 1.73. The van der Waals surface area contributed by atoms with E-state index in [1.54, 1.807) is 6.92 Å². The Hall–Kier alpha value is -2.13. The van der Waals surface area contributed by atoms with Gasteiger partial charge in [0.2, 0.25) is 0 Å². The summed E-state index contributed by atoms with van der Waals surface area (Å²) in [5.74, 6) is 1.17. The first kappa shape index (κ1) is 18.9. The Morgan fingerprint density at radius 3 is 2.43 bits per heavy atom. The van der Waals surface area contributed by atoms with Crippen molar-refractivity contribution in [3.8, 4) is 17.2 Å². The maximum Gasteiger partial charge on any atom is 0.313 e. The first-order valence-electron chi connectivity index (χ1n) is 7.27. The van der Waals surface area contributed by atoms with Crippen molar-refractivity contribution in [3.63, 3.8) is 0 Å². The minimum Gasteiger partial charge on any atom is -0.495 e. The number of halogens is 1. The lowest BCUT2D eigenvalue weighted by Crippen LogP contribution is -2.16. The zero-order valence-corrected chi connectivity index (χ0v) is 15.1. The molecule has 0 bridgehead atoms. The highest BCUT2D eigenvalue weighted by Crippen LogP contribution is 2.23. The third-order valence-corrected chi connectivity index (χ3v) is 3.65. The molecule has 0 fully saturated rings. The average molecular weight is 336 g/mol. The number of ether oxygens (including phenoxy) is 2. The largest absolute Gasteiger partial charge is 0.495 e. The number of Topliss-reactive ketones (excluding diaryl/α,β-unsaturated/α-hetero) is 1. The number of hydrogen-bond donors (Lipinski definition) is 0. The summed E-state index contributed by atoms with van der Waals surface area (Å²) in [5, 5.41) is 0. The second kappa shape index (κ2) is 7.93. The molecule has 0 unspecified atom stereocenters. The predicted octanol–water partition coefficient (Wildman–Crippen LogP) is 3.20. The molecule has 0 radical (unpaired) electrons. The summed E-state index contributed by atoms with van der Waals surface area (Å²) >= 11 is 0. The van der Waals surface area contributed by atoms with Gasteiger partial charge < -0.3 is 9.47 Å². The number of carbonyl (C=O) groups is 2. The molecule has 124 valence electrons. The van der Waals surface area contributed by atoms with Crippen LogP contribution in [0.1, 0.15) is 29.3 Å². The molecule has 0 aliphatic rings. The molecule has 0 aliphatic carbocycles. The van der Waals surface area contributed by atoms with E-state index < -0.39 is 32.1 Å². The Kier molecular flexibility index (Phi) is 6.52. The number of ketones is 1. The van der Waals surface area contributed by atoms with Gasteiger partial charge in [-0.2, -0.15) is 0 Å². The fraction of sp³-hybridized carbons (Fsp3) is 0.412. The van der Waals surface area contributed by atoms with Gasteiger partial charge in [-0.3, -0.25) is 9.59 Å². The second-order valence-electron chi connectivity index (χ2n) is 5.94. The van der Waals surface area contributed by atoms with Gasteiger partial charge in [0, 0.05) is 0 Å². The molecule has 0 saturated heterocycles. The summed E-state index contributed by atoms with van der Waals surface area (Å²) in [6.07, 6.45) is -0.506. The Balaban J connectivity index is 3.15. The highest BCUT2D eigenvalue weighted by atomic mass is 28.3. The summed E-state index contributed by atoms with van der Waals surface area (Å²) in [5.41, 5.74) is 3.31. The first-order valence-corrected chi connectivity index (χ1v) is 10.8. The molecule has 0 heterocycles. The minimum atomic E-state index is -1.63. The Bertz CT molecular complexity index is 666. The van der Waals surface area contributed by atoms with Gasteiger partial charge in [0.05, 0.1) is 24.8 Å². The van der Waals surface area contributed by atoms with Gasteiger partial charge in [-0.25, -0.2) is 4.39 Å². The minimum absolute atomic E-state index is 0.170. The van der Waals surface area contributed by atoms with Crippen LogP contribution in [0, 0.1) is 17.3 Å². The number of carbonyl (C=O) groups excluding carboxylic acids is 2. The van der Waals surface area contributed by atoms with E-state index in [1.807, 2.05) is 0 Å². The van der Waals surface area contributed by atoms with Crippen molar-refractivity contribution in [3.05, 3.63) is 29.1 Å². The molecular formula is C17H21FO4Si. The summed E-state index contributed by atoms with van der Waals surface area (Å²) in [4.78, 5) is 23.4. The van der Waals surface area contributed by atoms with Crippen molar-refractivity contribution < 1.29 is 23.5 Å². The third-order valence-electron chi connectivity index (χ3n) is 2.77. The zero-order valence-electron chi connectivity index (χ0n) is 14.1. The van der Waals surface area contributed by atoms with Crippen molar-refractivity contribution in [2.45, 2.75) is 33.0 Å². The van der Waals surface area contributed by atoms with Gasteiger partial charge in [0.25, 0.3) is 0 Å². The highest BCUT2D eigenvalue weighted by molar-refractivity contribution is 6.83. The van der Waals surface area contributed by atoms with Crippen LogP contribution in [0.2, 0.25) is 19.6 Å². The van der Waals surface area contributed by atoms with E-state index in [0.717, 1.165) is 0 Å².